The van der Waals surface area contributed by atoms with Crippen LogP contribution in [-0.4, -0.2) is 25.8 Å². The monoisotopic (exact) mass is 233 g/mol. The van der Waals surface area contributed by atoms with Crippen LogP contribution in [0.25, 0.3) is 5.82 Å². The van der Waals surface area contributed by atoms with E-state index in [0.29, 0.717) is 17.9 Å². The Hall–Kier alpha value is -2.37. The fourth-order valence-electron chi connectivity index (χ4n) is 1.56. The summed E-state index contributed by atoms with van der Waals surface area (Å²) in [5.74, 6) is -0.504. The molecule has 88 valence electrons. The van der Waals surface area contributed by atoms with E-state index in [1.54, 1.807) is 12.3 Å². The first-order chi connectivity index (χ1) is 8.11. The highest BCUT2D eigenvalue weighted by Crippen LogP contribution is 2.11. The molecule has 6 heteroatoms. The number of rotatable bonds is 3. The molecule has 0 bridgehead atoms. The van der Waals surface area contributed by atoms with Gasteiger partial charge in [-0.3, -0.25) is 9.89 Å². The zero-order valence-electron chi connectivity index (χ0n) is 9.17. The van der Waals surface area contributed by atoms with Crippen molar-refractivity contribution in [3.8, 4) is 5.82 Å². The number of hydrogen-bond donors (Lipinski definition) is 2. The van der Waals surface area contributed by atoms with E-state index in [-0.39, 0.29) is 11.1 Å². The third kappa shape index (κ3) is 2.10. The minimum Gasteiger partial charge on any atom is -0.478 e. The Morgan fingerprint density at radius 2 is 2.24 bits per heavy atom. The molecule has 0 spiro atoms. The zero-order valence-corrected chi connectivity index (χ0v) is 9.17. The maximum absolute atomic E-state index is 11.0. The summed E-state index contributed by atoms with van der Waals surface area (Å²) in [5.41, 5.74) is 0.447. The highest BCUT2D eigenvalue weighted by atomic mass is 16.4. The number of aromatic nitrogens is 3. The van der Waals surface area contributed by atoms with E-state index < -0.39 is 5.97 Å². The average molecular weight is 233 g/mol. The third-order valence-corrected chi connectivity index (χ3v) is 2.38. The number of aromatic carboxylic acids is 1. The molecule has 2 heterocycles. The lowest BCUT2D eigenvalue weighted by atomic mass is 10.1. The fraction of sp³-hybridized carbons (Fsp3) is 0.182. The Bertz CT molecular complexity index is 612. The molecule has 0 amide bonds. The number of aromatic amines is 1. The van der Waals surface area contributed by atoms with E-state index in [1.807, 2.05) is 6.92 Å². The second-order valence-corrected chi connectivity index (χ2v) is 3.48. The molecular formula is C11H11N3O3. The number of pyridine rings is 1. The van der Waals surface area contributed by atoms with Crippen LogP contribution < -0.4 is 5.56 Å². The quantitative estimate of drug-likeness (QED) is 0.821. The smallest absolute Gasteiger partial charge is 0.337 e. The van der Waals surface area contributed by atoms with Gasteiger partial charge in [0.25, 0.3) is 5.56 Å². The second kappa shape index (κ2) is 4.25. The molecule has 0 aliphatic rings. The maximum Gasteiger partial charge on any atom is 0.337 e. The molecule has 6 nitrogen and oxygen atoms in total. The Labute approximate surface area is 96.5 Å². The van der Waals surface area contributed by atoms with Crippen LogP contribution >= 0.6 is 0 Å². The Balaban J connectivity index is 2.51. The molecule has 0 fully saturated rings. The maximum atomic E-state index is 11.0. The summed E-state index contributed by atoms with van der Waals surface area (Å²) < 4.78 is 1.45. The standard InChI is InChI=1S/C11H11N3O3/c1-2-8-7(11(16)17)3-4-9(12-8)14-6-5-10(15)13-14/h3-6H,2H2,1H3,(H,13,15)(H,16,17). The van der Waals surface area contributed by atoms with Gasteiger partial charge in [-0.1, -0.05) is 6.92 Å². The summed E-state index contributed by atoms with van der Waals surface area (Å²) in [5, 5.41) is 11.5. The van der Waals surface area contributed by atoms with E-state index in [2.05, 4.69) is 10.1 Å². The third-order valence-electron chi connectivity index (χ3n) is 2.38. The summed E-state index contributed by atoms with van der Waals surface area (Å²) >= 11 is 0. The van der Waals surface area contributed by atoms with E-state index in [9.17, 15) is 9.59 Å². The van der Waals surface area contributed by atoms with Crippen LogP contribution in [-0.2, 0) is 6.42 Å². The van der Waals surface area contributed by atoms with Crippen molar-refractivity contribution in [2.75, 3.05) is 0 Å². The summed E-state index contributed by atoms with van der Waals surface area (Å²) in [4.78, 5) is 26.1. The first-order valence-corrected chi connectivity index (χ1v) is 5.13. The molecule has 0 radical (unpaired) electrons. The van der Waals surface area contributed by atoms with Gasteiger partial charge in [-0.05, 0) is 18.6 Å². The van der Waals surface area contributed by atoms with Crippen molar-refractivity contribution < 1.29 is 9.90 Å². The van der Waals surface area contributed by atoms with Gasteiger partial charge >= 0.3 is 5.97 Å². The second-order valence-electron chi connectivity index (χ2n) is 3.48. The minimum absolute atomic E-state index is 0.186. The number of nitrogens with one attached hydrogen (secondary N) is 1. The molecule has 2 aromatic rings. The molecule has 2 aromatic heterocycles. The highest BCUT2D eigenvalue weighted by molar-refractivity contribution is 5.88. The molecule has 2 rings (SSSR count). The van der Waals surface area contributed by atoms with Crippen LogP contribution in [0.2, 0.25) is 0 Å². The van der Waals surface area contributed by atoms with Gasteiger partial charge in [-0.15, -0.1) is 0 Å². The predicted octanol–water partition coefficient (Wildman–Crippen LogP) is 0.821. The van der Waals surface area contributed by atoms with Gasteiger partial charge in [0.1, 0.15) is 0 Å². The summed E-state index contributed by atoms with van der Waals surface area (Å²) in [6.45, 7) is 1.83. The first kappa shape index (κ1) is 11.1. The number of carboxylic acid groups (broad SMARTS) is 1. The summed E-state index contributed by atoms with van der Waals surface area (Å²) in [6.07, 6.45) is 2.06. The van der Waals surface area contributed by atoms with Crippen LogP contribution in [0.15, 0.2) is 29.2 Å². The van der Waals surface area contributed by atoms with Crippen LogP contribution in [0.1, 0.15) is 23.0 Å². The van der Waals surface area contributed by atoms with Gasteiger partial charge in [-0.2, -0.15) is 0 Å². The molecule has 0 aromatic carbocycles. The minimum atomic E-state index is -0.998. The average Bonchev–Trinajstić information content (AvgIpc) is 2.75. The van der Waals surface area contributed by atoms with Gasteiger partial charge in [0.15, 0.2) is 5.82 Å². The van der Waals surface area contributed by atoms with E-state index in [1.165, 1.54) is 16.8 Å². The van der Waals surface area contributed by atoms with Gasteiger partial charge in [-0.25, -0.2) is 14.5 Å². The van der Waals surface area contributed by atoms with E-state index in [4.69, 9.17) is 5.11 Å². The highest BCUT2D eigenvalue weighted by Gasteiger charge is 2.11. The van der Waals surface area contributed by atoms with Crippen LogP contribution in [0, 0.1) is 0 Å². The summed E-state index contributed by atoms with van der Waals surface area (Å²) in [7, 11) is 0. The Morgan fingerprint density at radius 1 is 1.47 bits per heavy atom. The normalized spacial score (nSPS) is 10.4. The van der Waals surface area contributed by atoms with Gasteiger partial charge < -0.3 is 5.11 Å². The Morgan fingerprint density at radius 3 is 2.76 bits per heavy atom. The topological polar surface area (TPSA) is 88.0 Å². The number of carboxylic acids is 1. The SMILES string of the molecule is CCc1nc(-n2ccc(=O)[nH]2)ccc1C(=O)O. The molecule has 0 saturated heterocycles. The number of H-pyrrole nitrogens is 1. The van der Waals surface area contributed by atoms with E-state index in [0.717, 1.165) is 0 Å². The van der Waals surface area contributed by atoms with Crippen molar-refractivity contribution in [1.29, 1.82) is 0 Å². The number of carbonyl (C=O) groups is 1. The van der Waals surface area contributed by atoms with Gasteiger partial charge in [0.05, 0.1) is 11.3 Å². The molecule has 0 unspecified atom stereocenters. The summed E-state index contributed by atoms with van der Waals surface area (Å²) in [6, 6.07) is 4.42. The van der Waals surface area contributed by atoms with Crippen molar-refractivity contribution in [2.45, 2.75) is 13.3 Å². The number of nitrogens with zero attached hydrogens (tertiary/aromatic N) is 2. The van der Waals surface area contributed by atoms with Crippen LogP contribution in [0.3, 0.4) is 0 Å². The first-order valence-electron chi connectivity index (χ1n) is 5.13. The van der Waals surface area contributed by atoms with Crippen molar-refractivity contribution in [3.05, 3.63) is 46.0 Å². The zero-order chi connectivity index (χ0) is 12.4. The predicted molar refractivity (Wildman–Crippen MR) is 60.5 cm³/mol. The lowest BCUT2D eigenvalue weighted by molar-refractivity contribution is 0.0695. The lowest BCUT2D eigenvalue weighted by Gasteiger charge is -2.06. The molecule has 0 aliphatic carbocycles. The van der Waals surface area contributed by atoms with Crippen molar-refractivity contribution in [1.82, 2.24) is 14.8 Å². The van der Waals surface area contributed by atoms with Crippen molar-refractivity contribution in [2.24, 2.45) is 0 Å². The van der Waals surface area contributed by atoms with E-state index >= 15 is 0 Å². The molecule has 17 heavy (non-hydrogen) atoms. The van der Waals surface area contributed by atoms with Crippen molar-refractivity contribution >= 4 is 5.97 Å². The Kier molecular flexibility index (Phi) is 2.78. The number of hydrogen-bond acceptors (Lipinski definition) is 3. The van der Waals surface area contributed by atoms with Crippen molar-refractivity contribution in [3.63, 3.8) is 0 Å². The molecule has 2 N–H and O–H groups in total. The lowest BCUT2D eigenvalue weighted by Crippen LogP contribution is -2.09. The largest absolute Gasteiger partial charge is 0.478 e. The molecule has 0 aliphatic heterocycles. The van der Waals surface area contributed by atoms with Gasteiger partial charge in [0.2, 0.25) is 0 Å². The molecular weight excluding hydrogens is 222 g/mol. The van der Waals surface area contributed by atoms with Crippen LogP contribution in [0.4, 0.5) is 0 Å². The molecule has 0 atom stereocenters. The van der Waals surface area contributed by atoms with Crippen LogP contribution in [0.5, 0.6) is 0 Å². The fourth-order valence-corrected chi connectivity index (χ4v) is 1.56. The number of aryl methyl sites for hydroxylation is 1. The van der Waals surface area contributed by atoms with Gasteiger partial charge in [0, 0.05) is 12.3 Å². The molecule has 0 saturated carbocycles.